The molecule has 0 aromatic heterocycles. The Kier molecular flexibility index (Phi) is 9.52. The first-order valence-corrected chi connectivity index (χ1v) is 18.3. The first-order chi connectivity index (χ1) is 19.5. The van der Waals surface area contributed by atoms with Crippen LogP contribution in [0.2, 0.25) is 0 Å². The number of phenols is 1. The van der Waals surface area contributed by atoms with Crippen LogP contribution in [0.4, 0.5) is 17.1 Å². The van der Waals surface area contributed by atoms with Gasteiger partial charge in [-0.3, -0.25) is 18.2 Å². The van der Waals surface area contributed by atoms with Gasteiger partial charge in [-0.05, 0) is 36.4 Å². The summed E-state index contributed by atoms with van der Waals surface area (Å²) >= 11 is 0. The van der Waals surface area contributed by atoms with Crippen LogP contribution in [0.3, 0.4) is 0 Å². The highest BCUT2D eigenvalue weighted by Gasteiger charge is 2.24. The minimum atomic E-state index is -5.25. The number of hydrogen-bond acceptors (Lipinski definition) is 15. The lowest BCUT2D eigenvalue weighted by Gasteiger charge is -2.12. The average Bonchev–Trinajstić information content (AvgIpc) is 2.83. The Balaban J connectivity index is 2.22. The van der Waals surface area contributed by atoms with Gasteiger partial charge in [0.25, 0.3) is 30.4 Å². The highest BCUT2D eigenvalue weighted by atomic mass is 32.3. The maximum Gasteiger partial charge on any atom is 0.397 e. The zero-order valence-corrected chi connectivity index (χ0v) is 24.9. The number of phenolic OH excluding ortho intramolecular Hbond substituents is 1. The van der Waals surface area contributed by atoms with E-state index < -0.39 is 101 Å². The minimum Gasteiger partial charge on any atom is -0.507 e. The molecule has 0 saturated heterocycles. The van der Waals surface area contributed by atoms with Crippen molar-refractivity contribution in [2.75, 3.05) is 23.6 Å². The summed E-state index contributed by atoms with van der Waals surface area (Å²) in [6.45, 7) is -1.05. The Labute approximate surface area is 244 Å². The summed E-state index contributed by atoms with van der Waals surface area (Å²) in [6.07, 6.45) is 0. The number of nitrogens with zero attached hydrogens (tertiary/aromatic N) is 2. The molecular weight excluding hydrogens is 687 g/mol. The Morgan fingerprint density at radius 3 is 1.93 bits per heavy atom. The Morgan fingerprint density at radius 1 is 0.721 bits per heavy atom. The second-order valence-corrected chi connectivity index (χ2v) is 15.7. The predicted octanol–water partition coefficient (Wildman–Crippen LogP) is 1.30. The molecule has 0 fully saturated rings. The molecule has 3 rings (SSSR count). The summed E-state index contributed by atoms with van der Waals surface area (Å²) in [5.74, 6) is -2.87. The van der Waals surface area contributed by atoms with E-state index in [1.54, 1.807) is 0 Å². The lowest BCUT2D eigenvalue weighted by Crippen LogP contribution is -2.16. The van der Waals surface area contributed by atoms with Crippen LogP contribution < -0.4 is 5.32 Å². The Bertz CT molecular complexity index is 2180. The van der Waals surface area contributed by atoms with Gasteiger partial charge in [0.2, 0.25) is 0 Å². The van der Waals surface area contributed by atoms with Gasteiger partial charge >= 0.3 is 10.4 Å². The summed E-state index contributed by atoms with van der Waals surface area (Å²) in [5, 5.41) is 19.6. The van der Waals surface area contributed by atoms with Gasteiger partial charge in [-0.2, -0.15) is 33.7 Å². The molecule has 0 heterocycles. The monoisotopic (exact) mass is 705 g/mol. The molecule has 0 aliphatic carbocycles. The third-order valence-corrected chi connectivity index (χ3v) is 9.58. The summed E-state index contributed by atoms with van der Waals surface area (Å²) in [4.78, 5) is -2.74. The highest BCUT2D eigenvalue weighted by molar-refractivity contribution is 7.91. The highest BCUT2D eigenvalue weighted by Crippen LogP contribution is 2.41. The van der Waals surface area contributed by atoms with Gasteiger partial charge in [0, 0.05) is 16.8 Å². The first-order valence-electron chi connectivity index (χ1n) is 10.8. The SMILES string of the molecule is O=S(=O)(O)CNc1ccc2c(O)cc(S(=O)(=O)O)cc2c1N=Nc1ccc(S(=O)(=O)CCOS(=O)(=O)O)cc1S(=O)(=O)O. The normalized spacial score (nSPS) is 13.5. The third-order valence-electron chi connectivity index (χ3n) is 5.21. The van der Waals surface area contributed by atoms with Crippen LogP contribution in [0.5, 0.6) is 5.75 Å². The van der Waals surface area contributed by atoms with E-state index in [0.717, 1.165) is 24.3 Å². The number of benzene rings is 3. The first kappa shape index (κ1) is 34.2. The van der Waals surface area contributed by atoms with E-state index in [2.05, 4.69) is 19.7 Å². The van der Waals surface area contributed by atoms with Crippen molar-refractivity contribution in [2.24, 2.45) is 10.2 Å². The zero-order valence-electron chi connectivity index (χ0n) is 20.8. The average molecular weight is 706 g/mol. The number of azo groups is 1. The predicted molar refractivity (Wildman–Crippen MR) is 145 cm³/mol. The van der Waals surface area contributed by atoms with E-state index in [-0.39, 0.29) is 16.5 Å². The van der Waals surface area contributed by atoms with Crippen molar-refractivity contribution in [2.45, 2.75) is 14.7 Å². The maximum atomic E-state index is 12.5. The van der Waals surface area contributed by atoms with Gasteiger partial charge in [0.1, 0.15) is 27.9 Å². The van der Waals surface area contributed by atoms with Crippen LogP contribution in [0.1, 0.15) is 0 Å². The zero-order chi connectivity index (χ0) is 32.6. The Morgan fingerprint density at radius 2 is 1.37 bits per heavy atom. The molecule has 0 amide bonds. The summed E-state index contributed by atoms with van der Waals surface area (Å²) in [7, 11) is -24.3. The maximum absolute atomic E-state index is 12.5. The van der Waals surface area contributed by atoms with Crippen molar-refractivity contribution in [1.29, 1.82) is 0 Å². The molecule has 0 saturated carbocycles. The molecule has 24 heteroatoms. The molecule has 0 aliphatic rings. The van der Waals surface area contributed by atoms with Gasteiger partial charge in [0.15, 0.2) is 9.84 Å². The molecule has 6 N–H and O–H groups in total. The largest absolute Gasteiger partial charge is 0.507 e. The number of sulfone groups is 1. The van der Waals surface area contributed by atoms with Gasteiger partial charge in [-0.15, -0.1) is 10.2 Å². The van der Waals surface area contributed by atoms with E-state index in [4.69, 9.17) is 9.11 Å². The van der Waals surface area contributed by atoms with E-state index in [1.807, 2.05) is 0 Å². The smallest absolute Gasteiger partial charge is 0.397 e. The lowest BCUT2D eigenvalue weighted by atomic mass is 10.1. The van der Waals surface area contributed by atoms with Crippen molar-refractivity contribution < 1.29 is 69.6 Å². The fourth-order valence-electron chi connectivity index (χ4n) is 3.39. The topological polar surface area (TPSA) is 318 Å². The van der Waals surface area contributed by atoms with Crippen LogP contribution in [0.25, 0.3) is 10.8 Å². The summed E-state index contributed by atoms with van der Waals surface area (Å²) in [6, 6.07) is 5.73. The molecule has 0 spiro atoms. The minimum absolute atomic E-state index is 0.123. The third kappa shape index (κ3) is 9.08. The van der Waals surface area contributed by atoms with E-state index in [1.165, 1.54) is 6.07 Å². The Hall–Kier alpha value is -3.33. The number of nitrogens with one attached hydrogen (secondary N) is 1. The second-order valence-electron chi connectivity index (χ2n) is 8.25. The summed E-state index contributed by atoms with van der Waals surface area (Å²) < 4.78 is 157. The molecule has 19 nitrogen and oxygen atoms in total. The molecule has 236 valence electrons. The van der Waals surface area contributed by atoms with Crippen molar-refractivity contribution in [3.63, 3.8) is 0 Å². The van der Waals surface area contributed by atoms with Gasteiger partial charge in [-0.1, -0.05) is 0 Å². The van der Waals surface area contributed by atoms with Crippen LogP contribution in [-0.4, -0.2) is 83.6 Å². The van der Waals surface area contributed by atoms with E-state index >= 15 is 0 Å². The number of fused-ring (bicyclic) bond motifs is 1. The molecule has 43 heavy (non-hydrogen) atoms. The molecule has 0 unspecified atom stereocenters. The lowest BCUT2D eigenvalue weighted by molar-refractivity contribution is 0.284. The molecule has 0 aliphatic heterocycles. The van der Waals surface area contributed by atoms with Crippen LogP contribution in [0.15, 0.2) is 67.4 Å². The van der Waals surface area contributed by atoms with Crippen LogP contribution in [0, 0.1) is 0 Å². The summed E-state index contributed by atoms with van der Waals surface area (Å²) in [5.41, 5.74) is -1.49. The second kappa shape index (κ2) is 12.0. The quantitative estimate of drug-likeness (QED) is 0.114. The fraction of sp³-hybridized carbons (Fsp3) is 0.158. The van der Waals surface area contributed by atoms with Crippen LogP contribution >= 0.6 is 0 Å². The number of aromatic hydroxyl groups is 1. The van der Waals surface area contributed by atoms with Gasteiger partial charge < -0.3 is 10.4 Å². The van der Waals surface area contributed by atoms with Gasteiger partial charge in [0.05, 0.1) is 27.8 Å². The van der Waals surface area contributed by atoms with E-state index in [0.29, 0.717) is 12.1 Å². The van der Waals surface area contributed by atoms with Crippen molar-refractivity contribution in [1.82, 2.24) is 0 Å². The molecule has 0 atom stereocenters. The standard InChI is InChI=1S/C19H19N3O16S5/c23-17-8-12(41(29,30)31)7-14-13(17)2-4-16(20-10-40(26,27)28)19(14)22-21-15-3-1-11(9-18(15)42(32,33)34)39(24,25)6-5-38-43(35,36)37/h1-4,7-9,20,23H,5-6,10H2,(H,26,27,28)(H,29,30,31)(H,32,33,34)(H,35,36,37). The van der Waals surface area contributed by atoms with Crippen molar-refractivity contribution in [3.8, 4) is 5.75 Å². The van der Waals surface area contributed by atoms with Crippen molar-refractivity contribution in [3.05, 3.63) is 42.5 Å². The van der Waals surface area contributed by atoms with E-state index in [9.17, 15) is 56.3 Å². The van der Waals surface area contributed by atoms with Gasteiger partial charge in [-0.25, -0.2) is 12.6 Å². The molecule has 0 bridgehead atoms. The number of rotatable bonds is 12. The fourth-order valence-corrected chi connectivity index (χ4v) is 6.49. The van der Waals surface area contributed by atoms with Crippen LogP contribution in [-0.2, 0) is 54.8 Å². The number of hydrogen-bond donors (Lipinski definition) is 6. The molecule has 3 aromatic carbocycles. The molecule has 3 aromatic rings. The number of anilines is 1. The van der Waals surface area contributed by atoms with Crippen molar-refractivity contribution >= 4 is 78.4 Å². The molecule has 0 radical (unpaired) electrons. The molecular formula is C19H19N3O16S5.